The Hall–Kier alpha value is 0. The number of rotatable bonds is 16. The quantitative estimate of drug-likeness (QED) is 0.259. The molecule has 0 aliphatic heterocycles. The molecule has 4 unspecified atom stereocenters. The lowest BCUT2D eigenvalue weighted by molar-refractivity contribution is 0.178. The summed E-state index contributed by atoms with van der Waals surface area (Å²) in [6, 6.07) is 0. The van der Waals surface area contributed by atoms with E-state index in [0.29, 0.717) is 5.41 Å². The standard InChI is InChI=1S/C25H52/c1-9-15-22(6)20-23(10-2)18-13-16-21(5)17-14-19-24(11-3)25(7,8)12-4/h21-24H,9-20H2,1-8H3. The highest BCUT2D eigenvalue weighted by atomic mass is 14.3. The first-order chi connectivity index (χ1) is 11.8. The summed E-state index contributed by atoms with van der Waals surface area (Å²) >= 11 is 0. The van der Waals surface area contributed by atoms with E-state index in [1.54, 1.807) is 0 Å². The van der Waals surface area contributed by atoms with Crippen LogP contribution < -0.4 is 0 Å². The van der Waals surface area contributed by atoms with Crippen molar-refractivity contribution in [2.45, 2.75) is 132 Å². The molecule has 0 radical (unpaired) electrons. The first kappa shape index (κ1) is 25.0. The van der Waals surface area contributed by atoms with Crippen molar-refractivity contribution in [3.8, 4) is 0 Å². The van der Waals surface area contributed by atoms with Crippen LogP contribution in [0.3, 0.4) is 0 Å². The van der Waals surface area contributed by atoms with E-state index in [9.17, 15) is 0 Å². The molecule has 0 aliphatic carbocycles. The summed E-state index contributed by atoms with van der Waals surface area (Å²) in [5.74, 6) is 3.74. The SMILES string of the molecule is CCCC(C)CC(CC)CCCC(C)CCCC(CC)C(C)(C)CC. The van der Waals surface area contributed by atoms with E-state index in [-0.39, 0.29) is 0 Å². The molecule has 0 nitrogen and oxygen atoms in total. The van der Waals surface area contributed by atoms with Gasteiger partial charge in [0, 0.05) is 0 Å². The summed E-state index contributed by atoms with van der Waals surface area (Å²) in [4.78, 5) is 0. The zero-order valence-electron chi connectivity index (χ0n) is 19.3. The molecule has 0 heterocycles. The van der Waals surface area contributed by atoms with Gasteiger partial charge in [-0.25, -0.2) is 0 Å². The third-order valence-electron chi connectivity index (χ3n) is 7.16. The van der Waals surface area contributed by atoms with Crippen LogP contribution in [0.4, 0.5) is 0 Å². The fourth-order valence-electron chi connectivity index (χ4n) is 4.72. The second-order valence-electron chi connectivity index (χ2n) is 9.82. The molecule has 0 aromatic rings. The van der Waals surface area contributed by atoms with E-state index in [1.807, 2.05) is 0 Å². The topological polar surface area (TPSA) is 0 Å². The lowest BCUT2D eigenvalue weighted by atomic mass is 9.73. The van der Waals surface area contributed by atoms with E-state index in [2.05, 4.69) is 55.4 Å². The third kappa shape index (κ3) is 11.3. The van der Waals surface area contributed by atoms with Gasteiger partial charge in [0.2, 0.25) is 0 Å². The molecule has 0 bridgehead atoms. The monoisotopic (exact) mass is 352 g/mol. The maximum absolute atomic E-state index is 2.49. The Balaban J connectivity index is 3.97. The predicted molar refractivity (Wildman–Crippen MR) is 117 cm³/mol. The van der Waals surface area contributed by atoms with Crippen molar-refractivity contribution in [3.05, 3.63) is 0 Å². The molecule has 4 atom stereocenters. The van der Waals surface area contributed by atoms with Gasteiger partial charge in [0.05, 0.1) is 0 Å². The Labute approximate surface area is 161 Å². The molecular formula is C25H52. The van der Waals surface area contributed by atoms with Crippen molar-refractivity contribution in [1.29, 1.82) is 0 Å². The minimum atomic E-state index is 0.529. The molecule has 0 saturated carbocycles. The maximum Gasteiger partial charge on any atom is -0.0329 e. The highest BCUT2D eigenvalue weighted by Crippen LogP contribution is 2.36. The molecule has 0 amide bonds. The van der Waals surface area contributed by atoms with Gasteiger partial charge < -0.3 is 0 Å². The molecular weight excluding hydrogens is 300 g/mol. The second-order valence-corrected chi connectivity index (χ2v) is 9.82. The van der Waals surface area contributed by atoms with Gasteiger partial charge in [-0.05, 0) is 41.9 Å². The molecule has 0 spiro atoms. The number of hydrogen-bond acceptors (Lipinski definition) is 0. The molecule has 0 N–H and O–H groups in total. The van der Waals surface area contributed by atoms with Crippen LogP contribution >= 0.6 is 0 Å². The summed E-state index contributed by atoms with van der Waals surface area (Å²) in [5.41, 5.74) is 0.529. The van der Waals surface area contributed by atoms with Crippen molar-refractivity contribution >= 4 is 0 Å². The van der Waals surface area contributed by atoms with Crippen molar-refractivity contribution in [3.63, 3.8) is 0 Å². The molecule has 0 aliphatic rings. The van der Waals surface area contributed by atoms with Gasteiger partial charge in [0.1, 0.15) is 0 Å². The molecule has 0 saturated heterocycles. The van der Waals surface area contributed by atoms with Crippen LogP contribution in [0.5, 0.6) is 0 Å². The summed E-state index contributed by atoms with van der Waals surface area (Å²) in [6.45, 7) is 19.3. The van der Waals surface area contributed by atoms with Gasteiger partial charge in [0.15, 0.2) is 0 Å². The van der Waals surface area contributed by atoms with E-state index >= 15 is 0 Å². The highest BCUT2D eigenvalue weighted by Gasteiger charge is 2.25. The zero-order chi connectivity index (χ0) is 19.3. The lowest BCUT2D eigenvalue weighted by Crippen LogP contribution is -2.22. The van der Waals surface area contributed by atoms with Crippen molar-refractivity contribution in [2.75, 3.05) is 0 Å². The largest absolute Gasteiger partial charge is 0.0654 e. The van der Waals surface area contributed by atoms with Gasteiger partial charge in [-0.1, -0.05) is 120 Å². The van der Waals surface area contributed by atoms with Crippen LogP contribution in [-0.2, 0) is 0 Å². The molecule has 0 aromatic heterocycles. The van der Waals surface area contributed by atoms with Crippen LogP contribution in [0.2, 0.25) is 0 Å². The minimum Gasteiger partial charge on any atom is -0.0654 e. The van der Waals surface area contributed by atoms with Crippen molar-refractivity contribution in [2.24, 2.45) is 29.1 Å². The van der Waals surface area contributed by atoms with Crippen LogP contribution in [-0.4, -0.2) is 0 Å². The van der Waals surface area contributed by atoms with E-state index in [0.717, 1.165) is 23.7 Å². The highest BCUT2D eigenvalue weighted by molar-refractivity contribution is 4.76. The van der Waals surface area contributed by atoms with Gasteiger partial charge in [-0.3, -0.25) is 0 Å². The summed E-state index contributed by atoms with van der Waals surface area (Å²) in [6.07, 6.45) is 17.0. The first-order valence-electron chi connectivity index (χ1n) is 11.8. The molecule has 0 heteroatoms. The van der Waals surface area contributed by atoms with Crippen LogP contribution in [0.25, 0.3) is 0 Å². The lowest BCUT2D eigenvalue weighted by Gasteiger charge is -2.33. The van der Waals surface area contributed by atoms with Crippen LogP contribution in [0.15, 0.2) is 0 Å². The Morgan fingerprint density at radius 2 is 1.28 bits per heavy atom. The Bertz CT molecular complexity index is 290. The molecule has 152 valence electrons. The third-order valence-corrected chi connectivity index (χ3v) is 7.16. The van der Waals surface area contributed by atoms with Crippen LogP contribution in [0, 0.1) is 29.1 Å². The van der Waals surface area contributed by atoms with E-state index in [1.165, 1.54) is 77.0 Å². The van der Waals surface area contributed by atoms with Gasteiger partial charge in [-0.2, -0.15) is 0 Å². The van der Waals surface area contributed by atoms with E-state index in [4.69, 9.17) is 0 Å². The smallest absolute Gasteiger partial charge is 0.0329 e. The van der Waals surface area contributed by atoms with Crippen molar-refractivity contribution < 1.29 is 0 Å². The molecule has 0 aromatic carbocycles. The van der Waals surface area contributed by atoms with Gasteiger partial charge in [0.25, 0.3) is 0 Å². The predicted octanol–water partition coefficient (Wildman–Crippen LogP) is 9.28. The second kappa shape index (κ2) is 14.1. The normalized spacial score (nSPS) is 17.3. The molecule has 25 heavy (non-hydrogen) atoms. The first-order valence-corrected chi connectivity index (χ1v) is 11.8. The summed E-state index contributed by atoms with van der Waals surface area (Å²) in [7, 11) is 0. The van der Waals surface area contributed by atoms with Gasteiger partial charge >= 0.3 is 0 Å². The average Bonchev–Trinajstić information content (AvgIpc) is 2.57. The van der Waals surface area contributed by atoms with Gasteiger partial charge in [-0.15, -0.1) is 0 Å². The maximum atomic E-state index is 2.49. The zero-order valence-corrected chi connectivity index (χ0v) is 19.3. The molecule has 0 rings (SSSR count). The minimum absolute atomic E-state index is 0.529. The summed E-state index contributed by atoms with van der Waals surface area (Å²) < 4.78 is 0. The fourth-order valence-corrected chi connectivity index (χ4v) is 4.72. The summed E-state index contributed by atoms with van der Waals surface area (Å²) in [5, 5.41) is 0. The Morgan fingerprint density at radius 3 is 1.76 bits per heavy atom. The van der Waals surface area contributed by atoms with E-state index < -0.39 is 0 Å². The fraction of sp³-hybridized carbons (Fsp3) is 1.00. The Kier molecular flexibility index (Phi) is 14.1. The number of hydrogen-bond donors (Lipinski definition) is 0. The van der Waals surface area contributed by atoms with Crippen molar-refractivity contribution in [1.82, 2.24) is 0 Å². The van der Waals surface area contributed by atoms with Crippen LogP contribution in [0.1, 0.15) is 132 Å². The average molecular weight is 353 g/mol. The molecule has 0 fully saturated rings. The Morgan fingerprint density at radius 1 is 0.680 bits per heavy atom.